The molecule has 1 aliphatic rings. The normalized spacial score (nSPS) is 14.7. The van der Waals surface area contributed by atoms with Crippen molar-refractivity contribution in [2.75, 3.05) is 19.6 Å². The first-order valence-electron chi connectivity index (χ1n) is 8.86. The number of amides is 1. The van der Waals surface area contributed by atoms with E-state index >= 15 is 0 Å². The highest BCUT2D eigenvalue weighted by Crippen LogP contribution is 2.21. The van der Waals surface area contributed by atoms with Gasteiger partial charge in [-0.25, -0.2) is 9.78 Å². The number of rotatable bonds is 8. The minimum atomic E-state index is -1.04. The van der Waals surface area contributed by atoms with Crippen LogP contribution in [0.3, 0.4) is 0 Å². The summed E-state index contributed by atoms with van der Waals surface area (Å²) in [5.74, 6) is -0.0818. The zero-order valence-corrected chi connectivity index (χ0v) is 15.6. The Bertz CT molecular complexity index is 777. The fourth-order valence-electron chi connectivity index (χ4n) is 3.09. The number of nitrogens with zero attached hydrogens (tertiary/aromatic N) is 2. The van der Waals surface area contributed by atoms with Crippen molar-refractivity contribution >= 4 is 23.2 Å². The maximum absolute atomic E-state index is 12.3. The topological polar surface area (TPSA) is 95.7 Å². The van der Waals surface area contributed by atoms with E-state index in [0.717, 1.165) is 37.4 Å². The van der Waals surface area contributed by atoms with Crippen LogP contribution < -0.4 is 5.32 Å². The van der Waals surface area contributed by atoms with Gasteiger partial charge in [0.2, 0.25) is 0 Å². The summed E-state index contributed by atoms with van der Waals surface area (Å²) in [6.07, 6.45) is 3.71. The van der Waals surface area contributed by atoms with Crippen molar-refractivity contribution in [1.82, 2.24) is 15.2 Å². The van der Waals surface area contributed by atoms with E-state index in [1.54, 1.807) is 0 Å². The molecule has 0 radical (unpaired) electrons. The average Bonchev–Trinajstić information content (AvgIpc) is 3.35. The Balaban J connectivity index is 1.55. The van der Waals surface area contributed by atoms with Gasteiger partial charge in [-0.15, -0.1) is 11.3 Å². The van der Waals surface area contributed by atoms with Crippen LogP contribution in [-0.4, -0.2) is 46.5 Å². The molecule has 1 amide bonds. The molecule has 0 unspecified atom stereocenters. The summed E-state index contributed by atoms with van der Waals surface area (Å²) in [7, 11) is 0. The molecule has 140 valence electrons. The summed E-state index contributed by atoms with van der Waals surface area (Å²) in [6, 6.07) is 1.85. The van der Waals surface area contributed by atoms with E-state index in [4.69, 9.17) is 9.52 Å². The molecule has 2 aromatic heterocycles. The second-order valence-corrected chi connectivity index (χ2v) is 7.28. The number of likely N-dealkylation sites (tertiary alicyclic amines) is 1. The molecule has 7 nitrogen and oxygen atoms in total. The van der Waals surface area contributed by atoms with E-state index in [1.165, 1.54) is 29.6 Å². The fraction of sp³-hybridized carbons (Fsp3) is 0.500. The Morgan fingerprint density at radius 3 is 2.81 bits per heavy atom. The molecule has 1 saturated heterocycles. The summed E-state index contributed by atoms with van der Waals surface area (Å²) in [6.45, 7) is 5.44. The average molecular weight is 377 g/mol. The zero-order chi connectivity index (χ0) is 18.5. The minimum Gasteiger partial charge on any atom is -0.476 e. The van der Waals surface area contributed by atoms with Crippen LogP contribution in [0.4, 0.5) is 0 Å². The van der Waals surface area contributed by atoms with E-state index < -0.39 is 5.97 Å². The van der Waals surface area contributed by atoms with Crippen molar-refractivity contribution in [3.63, 3.8) is 0 Å². The van der Waals surface area contributed by atoms with Crippen LogP contribution in [0, 0.1) is 0 Å². The number of furan rings is 1. The third-order valence-corrected chi connectivity index (χ3v) is 5.34. The second kappa shape index (κ2) is 8.46. The molecular weight excluding hydrogens is 354 g/mol. The molecule has 0 aromatic carbocycles. The van der Waals surface area contributed by atoms with Crippen molar-refractivity contribution < 1.29 is 19.1 Å². The standard InChI is InChI=1S/C18H23N3O4S/c1-2-14-12(10-21-7-3-4-8-21)9-15(25-14)17(22)19-6-5-16-20-13(11-26-16)18(23)24/h9,11H,2-8,10H2,1H3,(H,19,22)(H,23,24). The van der Waals surface area contributed by atoms with E-state index in [1.807, 2.05) is 13.0 Å². The Hall–Kier alpha value is -2.19. The van der Waals surface area contributed by atoms with Gasteiger partial charge < -0.3 is 14.8 Å². The first-order chi connectivity index (χ1) is 12.6. The predicted molar refractivity (Wildman–Crippen MR) is 97.7 cm³/mol. The van der Waals surface area contributed by atoms with E-state index in [-0.39, 0.29) is 11.6 Å². The number of hydrogen-bond donors (Lipinski definition) is 2. The molecular formula is C18H23N3O4S. The van der Waals surface area contributed by atoms with E-state index in [9.17, 15) is 9.59 Å². The number of aromatic nitrogens is 1. The quantitative estimate of drug-likeness (QED) is 0.734. The lowest BCUT2D eigenvalue weighted by Gasteiger charge is -2.13. The van der Waals surface area contributed by atoms with Gasteiger partial charge in [-0.1, -0.05) is 6.92 Å². The van der Waals surface area contributed by atoms with Crippen molar-refractivity contribution in [3.05, 3.63) is 39.2 Å². The van der Waals surface area contributed by atoms with Gasteiger partial charge >= 0.3 is 5.97 Å². The summed E-state index contributed by atoms with van der Waals surface area (Å²) in [4.78, 5) is 29.6. The molecule has 0 bridgehead atoms. The van der Waals surface area contributed by atoms with Crippen LogP contribution in [0.2, 0.25) is 0 Å². The molecule has 2 N–H and O–H groups in total. The molecule has 2 aromatic rings. The molecule has 8 heteroatoms. The highest BCUT2D eigenvalue weighted by Gasteiger charge is 2.19. The van der Waals surface area contributed by atoms with Gasteiger partial charge in [-0.3, -0.25) is 9.69 Å². The number of hydrogen-bond acceptors (Lipinski definition) is 6. The maximum atomic E-state index is 12.3. The van der Waals surface area contributed by atoms with Crippen LogP contribution >= 0.6 is 11.3 Å². The Kier molecular flexibility index (Phi) is 6.05. The highest BCUT2D eigenvalue weighted by atomic mass is 32.1. The molecule has 3 heterocycles. The summed E-state index contributed by atoms with van der Waals surface area (Å²) >= 11 is 1.28. The van der Waals surface area contributed by atoms with Gasteiger partial charge in [0.1, 0.15) is 5.76 Å². The van der Waals surface area contributed by atoms with Crippen LogP contribution in [0.5, 0.6) is 0 Å². The van der Waals surface area contributed by atoms with Crippen molar-refractivity contribution in [3.8, 4) is 0 Å². The molecule has 0 saturated carbocycles. The number of aromatic carboxylic acids is 1. The van der Waals surface area contributed by atoms with E-state index in [2.05, 4.69) is 15.2 Å². The van der Waals surface area contributed by atoms with Gasteiger partial charge in [0.05, 0.1) is 5.01 Å². The van der Waals surface area contributed by atoms with Gasteiger partial charge in [0.15, 0.2) is 11.5 Å². The summed E-state index contributed by atoms with van der Waals surface area (Å²) in [5, 5.41) is 13.9. The van der Waals surface area contributed by atoms with Crippen molar-refractivity contribution in [2.24, 2.45) is 0 Å². The number of carboxylic acid groups (broad SMARTS) is 1. The monoisotopic (exact) mass is 377 g/mol. The first-order valence-corrected chi connectivity index (χ1v) is 9.74. The van der Waals surface area contributed by atoms with Crippen LogP contribution in [0.1, 0.15) is 57.1 Å². The Labute approximate surface area is 156 Å². The predicted octanol–water partition coefficient (Wildman–Crippen LogP) is 2.57. The van der Waals surface area contributed by atoms with Crippen LogP contribution in [0.15, 0.2) is 15.9 Å². The van der Waals surface area contributed by atoms with Gasteiger partial charge in [0.25, 0.3) is 5.91 Å². The lowest BCUT2D eigenvalue weighted by molar-refractivity contribution is 0.0690. The minimum absolute atomic E-state index is 0.0431. The Morgan fingerprint density at radius 1 is 1.38 bits per heavy atom. The van der Waals surface area contributed by atoms with Gasteiger partial charge in [0, 0.05) is 36.9 Å². The van der Waals surface area contributed by atoms with Crippen molar-refractivity contribution in [2.45, 2.75) is 39.2 Å². The summed E-state index contributed by atoms with van der Waals surface area (Å²) < 4.78 is 5.74. The lowest BCUT2D eigenvalue weighted by atomic mass is 10.2. The number of nitrogens with one attached hydrogen (secondary N) is 1. The molecule has 0 aliphatic carbocycles. The second-order valence-electron chi connectivity index (χ2n) is 6.33. The highest BCUT2D eigenvalue weighted by molar-refractivity contribution is 7.09. The number of carbonyl (C=O) groups is 2. The largest absolute Gasteiger partial charge is 0.476 e. The number of thiazole rings is 1. The first kappa shape index (κ1) is 18.6. The molecule has 0 spiro atoms. The lowest BCUT2D eigenvalue weighted by Crippen LogP contribution is -2.25. The number of carbonyl (C=O) groups excluding carboxylic acids is 1. The molecule has 1 aliphatic heterocycles. The molecule has 1 fully saturated rings. The van der Waals surface area contributed by atoms with Crippen LogP contribution in [0.25, 0.3) is 0 Å². The summed E-state index contributed by atoms with van der Waals surface area (Å²) in [5.41, 5.74) is 1.13. The maximum Gasteiger partial charge on any atom is 0.355 e. The molecule has 26 heavy (non-hydrogen) atoms. The smallest absolute Gasteiger partial charge is 0.355 e. The SMILES string of the molecule is CCc1oc(C(=O)NCCc2nc(C(=O)O)cs2)cc1CN1CCCC1. The third-order valence-electron chi connectivity index (χ3n) is 4.43. The van der Waals surface area contributed by atoms with Crippen LogP contribution in [-0.2, 0) is 19.4 Å². The fourth-order valence-corrected chi connectivity index (χ4v) is 3.86. The molecule has 0 atom stereocenters. The third kappa shape index (κ3) is 4.50. The van der Waals surface area contributed by atoms with Crippen molar-refractivity contribution in [1.29, 1.82) is 0 Å². The number of carboxylic acids is 1. The Morgan fingerprint density at radius 2 is 2.15 bits per heavy atom. The molecule has 3 rings (SSSR count). The zero-order valence-electron chi connectivity index (χ0n) is 14.8. The van der Waals surface area contributed by atoms with Gasteiger partial charge in [-0.05, 0) is 32.0 Å². The van der Waals surface area contributed by atoms with E-state index in [0.29, 0.717) is 23.7 Å². The van der Waals surface area contributed by atoms with Gasteiger partial charge in [-0.2, -0.15) is 0 Å². The number of aryl methyl sites for hydroxylation is 1.